The third kappa shape index (κ3) is 2.08. The van der Waals surface area contributed by atoms with Crippen LogP contribution in [0, 0.1) is 18.3 Å². The minimum Gasteiger partial charge on any atom is -0.295 e. The summed E-state index contributed by atoms with van der Waals surface area (Å²) in [5.41, 5.74) is 0.365. The van der Waals surface area contributed by atoms with Crippen LogP contribution in [0.2, 0.25) is 0 Å². The molecule has 7 heteroatoms. The van der Waals surface area contributed by atoms with E-state index in [0.29, 0.717) is 0 Å². The maximum Gasteiger partial charge on any atom is 0.328 e. The standard InChI is InChI=1S/C11H11N5O2/c1-7-9(4-15(2)14-7)6-16-5-8(3-12)10(17)13-11(16)18/h4-5H,6H2,1-2H3,(H,13,17,18). The Kier molecular flexibility index (Phi) is 2.85. The molecule has 18 heavy (non-hydrogen) atoms. The van der Waals surface area contributed by atoms with Crippen LogP contribution in [0.25, 0.3) is 0 Å². The first-order valence-electron chi connectivity index (χ1n) is 5.24. The monoisotopic (exact) mass is 245 g/mol. The van der Waals surface area contributed by atoms with E-state index < -0.39 is 11.2 Å². The van der Waals surface area contributed by atoms with Crippen LogP contribution in [0.3, 0.4) is 0 Å². The van der Waals surface area contributed by atoms with Gasteiger partial charge in [0.1, 0.15) is 11.6 Å². The van der Waals surface area contributed by atoms with Crippen molar-refractivity contribution in [3.05, 3.63) is 50.1 Å². The molecule has 92 valence electrons. The maximum absolute atomic E-state index is 11.6. The van der Waals surface area contributed by atoms with Crippen molar-refractivity contribution in [2.24, 2.45) is 7.05 Å². The molecular formula is C11H11N5O2. The molecule has 0 saturated heterocycles. The first-order valence-corrected chi connectivity index (χ1v) is 5.24. The van der Waals surface area contributed by atoms with E-state index in [0.717, 1.165) is 11.3 Å². The number of hydrogen-bond donors (Lipinski definition) is 1. The first kappa shape index (κ1) is 11.9. The van der Waals surface area contributed by atoms with E-state index in [9.17, 15) is 9.59 Å². The lowest BCUT2D eigenvalue weighted by atomic mass is 10.2. The molecule has 7 nitrogen and oxygen atoms in total. The number of rotatable bonds is 2. The second kappa shape index (κ2) is 4.33. The van der Waals surface area contributed by atoms with Crippen molar-refractivity contribution in [3.63, 3.8) is 0 Å². The molecule has 2 heterocycles. The first-order chi connectivity index (χ1) is 8.51. The van der Waals surface area contributed by atoms with Gasteiger partial charge in [-0.05, 0) is 6.92 Å². The Morgan fingerprint density at radius 2 is 2.17 bits per heavy atom. The Labute approximate surface area is 102 Å². The molecule has 0 unspecified atom stereocenters. The van der Waals surface area contributed by atoms with E-state index in [4.69, 9.17) is 5.26 Å². The number of aromatic amines is 1. The Balaban J connectivity index is 2.47. The van der Waals surface area contributed by atoms with Crippen LogP contribution in [-0.4, -0.2) is 19.3 Å². The number of hydrogen-bond acceptors (Lipinski definition) is 4. The molecule has 0 saturated carbocycles. The highest BCUT2D eigenvalue weighted by Gasteiger charge is 2.08. The second-order valence-electron chi connectivity index (χ2n) is 3.96. The SMILES string of the molecule is Cc1nn(C)cc1Cn1cc(C#N)c(=O)[nH]c1=O. The van der Waals surface area contributed by atoms with E-state index in [1.54, 1.807) is 24.0 Å². The van der Waals surface area contributed by atoms with Crippen molar-refractivity contribution in [2.75, 3.05) is 0 Å². The van der Waals surface area contributed by atoms with Crippen LogP contribution in [0.1, 0.15) is 16.8 Å². The molecule has 0 fully saturated rings. The van der Waals surface area contributed by atoms with Crippen LogP contribution in [-0.2, 0) is 13.6 Å². The van der Waals surface area contributed by atoms with Crippen molar-refractivity contribution >= 4 is 0 Å². The van der Waals surface area contributed by atoms with Crippen LogP contribution in [0.4, 0.5) is 0 Å². The van der Waals surface area contributed by atoms with Crippen LogP contribution >= 0.6 is 0 Å². The van der Waals surface area contributed by atoms with Crippen molar-refractivity contribution < 1.29 is 0 Å². The molecule has 0 aliphatic rings. The van der Waals surface area contributed by atoms with Crippen LogP contribution < -0.4 is 11.2 Å². The molecule has 0 aromatic carbocycles. The largest absolute Gasteiger partial charge is 0.328 e. The molecule has 2 rings (SSSR count). The number of nitrogens with zero attached hydrogens (tertiary/aromatic N) is 4. The van der Waals surface area contributed by atoms with E-state index in [1.807, 2.05) is 6.92 Å². The summed E-state index contributed by atoms with van der Waals surface area (Å²) in [7, 11) is 1.78. The predicted octanol–water partition coefficient (Wildman–Crippen LogP) is -0.502. The molecule has 0 aliphatic carbocycles. The van der Waals surface area contributed by atoms with Crippen molar-refractivity contribution in [2.45, 2.75) is 13.5 Å². The second-order valence-corrected chi connectivity index (χ2v) is 3.96. The third-order valence-corrected chi connectivity index (χ3v) is 2.59. The minimum absolute atomic E-state index is 0.0869. The minimum atomic E-state index is -0.665. The predicted molar refractivity (Wildman–Crippen MR) is 63.1 cm³/mol. The summed E-state index contributed by atoms with van der Waals surface area (Å²) in [6.07, 6.45) is 3.05. The molecule has 1 N–H and O–H groups in total. The Morgan fingerprint density at radius 3 is 2.72 bits per heavy atom. The number of aryl methyl sites for hydroxylation is 2. The average Bonchev–Trinajstić information content (AvgIpc) is 2.61. The average molecular weight is 245 g/mol. The van der Waals surface area contributed by atoms with Gasteiger partial charge in [-0.15, -0.1) is 0 Å². The molecule has 0 bridgehead atoms. The van der Waals surface area contributed by atoms with Crippen molar-refractivity contribution in [3.8, 4) is 6.07 Å². The maximum atomic E-state index is 11.6. The summed E-state index contributed by atoms with van der Waals surface area (Å²) < 4.78 is 2.93. The number of aromatic nitrogens is 4. The quantitative estimate of drug-likeness (QED) is 0.771. The highest BCUT2D eigenvalue weighted by Crippen LogP contribution is 2.05. The fraction of sp³-hybridized carbons (Fsp3) is 0.273. The molecule has 0 aliphatic heterocycles. The zero-order chi connectivity index (χ0) is 13.3. The Bertz CT molecular complexity index is 744. The fourth-order valence-electron chi connectivity index (χ4n) is 1.69. The zero-order valence-electron chi connectivity index (χ0n) is 9.97. The lowest BCUT2D eigenvalue weighted by Gasteiger charge is -2.03. The lowest BCUT2D eigenvalue weighted by molar-refractivity contribution is 0.713. The van der Waals surface area contributed by atoms with Gasteiger partial charge < -0.3 is 0 Å². The van der Waals surface area contributed by atoms with E-state index in [2.05, 4.69) is 10.1 Å². The molecule has 0 atom stereocenters. The van der Waals surface area contributed by atoms with Crippen molar-refractivity contribution in [1.29, 1.82) is 5.26 Å². The van der Waals surface area contributed by atoms with Gasteiger partial charge in [-0.25, -0.2) is 4.79 Å². The van der Waals surface area contributed by atoms with Crippen LogP contribution in [0.5, 0.6) is 0 Å². The molecule has 0 radical (unpaired) electrons. The van der Waals surface area contributed by atoms with E-state index >= 15 is 0 Å². The molecule has 0 spiro atoms. The summed E-state index contributed by atoms with van der Waals surface area (Å²) >= 11 is 0. The number of nitrogens with one attached hydrogen (secondary N) is 1. The normalized spacial score (nSPS) is 10.3. The van der Waals surface area contributed by atoms with Gasteiger partial charge >= 0.3 is 5.69 Å². The van der Waals surface area contributed by atoms with Gasteiger partial charge in [-0.1, -0.05) is 0 Å². The third-order valence-electron chi connectivity index (χ3n) is 2.59. The van der Waals surface area contributed by atoms with Gasteiger partial charge in [0, 0.05) is 25.0 Å². The van der Waals surface area contributed by atoms with Crippen molar-refractivity contribution in [1.82, 2.24) is 19.3 Å². The van der Waals surface area contributed by atoms with E-state index in [-0.39, 0.29) is 12.1 Å². The van der Waals surface area contributed by atoms with Gasteiger partial charge in [-0.3, -0.25) is 19.0 Å². The fourth-order valence-corrected chi connectivity index (χ4v) is 1.69. The number of nitriles is 1. The summed E-state index contributed by atoms with van der Waals surface area (Å²) in [5.74, 6) is 0. The highest BCUT2D eigenvalue weighted by molar-refractivity contribution is 5.23. The summed E-state index contributed by atoms with van der Waals surface area (Å²) in [4.78, 5) is 24.9. The molecule has 2 aromatic rings. The topological polar surface area (TPSA) is 96.5 Å². The summed E-state index contributed by atoms with van der Waals surface area (Å²) in [6.45, 7) is 2.10. The smallest absolute Gasteiger partial charge is 0.295 e. The van der Waals surface area contributed by atoms with Gasteiger partial charge in [0.25, 0.3) is 5.56 Å². The summed E-state index contributed by atoms with van der Waals surface area (Å²) in [6, 6.07) is 1.74. The van der Waals surface area contributed by atoms with Gasteiger partial charge in [-0.2, -0.15) is 10.4 Å². The van der Waals surface area contributed by atoms with Gasteiger partial charge in [0.15, 0.2) is 0 Å². The molecular weight excluding hydrogens is 234 g/mol. The summed E-state index contributed by atoms with van der Waals surface area (Å²) in [5, 5.41) is 12.9. The Morgan fingerprint density at radius 1 is 1.44 bits per heavy atom. The van der Waals surface area contributed by atoms with Gasteiger partial charge in [0.05, 0.1) is 12.2 Å². The number of H-pyrrole nitrogens is 1. The Hall–Kier alpha value is -2.62. The molecule has 0 amide bonds. The lowest BCUT2D eigenvalue weighted by Crippen LogP contribution is -2.31. The molecule has 2 aromatic heterocycles. The highest BCUT2D eigenvalue weighted by atomic mass is 16.2. The van der Waals surface area contributed by atoms with Gasteiger partial charge in [0.2, 0.25) is 0 Å². The zero-order valence-corrected chi connectivity index (χ0v) is 9.97. The van der Waals surface area contributed by atoms with E-state index in [1.165, 1.54) is 10.8 Å². The van der Waals surface area contributed by atoms with Crippen LogP contribution in [0.15, 0.2) is 22.0 Å².